The summed E-state index contributed by atoms with van der Waals surface area (Å²) >= 11 is 0. The molecule has 0 unspecified atom stereocenters. The molecule has 1 N–H and O–H groups in total. The zero-order valence-electron chi connectivity index (χ0n) is 13.6. The normalized spacial score (nSPS) is 12.0. The molecule has 0 atom stereocenters. The molecule has 0 spiro atoms. The number of halogens is 3. The van der Waals surface area contributed by atoms with Gasteiger partial charge in [-0.2, -0.15) is 13.2 Å². The Labute approximate surface area is 133 Å². The highest BCUT2D eigenvalue weighted by molar-refractivity contribution is 5.96. The van der Waals surface area contributed by atoms with Gasteiger partial charge in [-0.05, 0) is 45.9 Å². The number of carbonyl (C=O) groups excluding carboxylic acids is 2. The van der Waals surface area contributed by atoms with Gasteiger partial charge in [-0.15, -0.1) is 0 Å². The van der Waals surface area contributed by atoms with E-state index in [1.165, 1.54) is 17.0 Å². The Hall–Kier alpha value is -2.05. The number of amides is 2. The summed E-state index contributed by atoms with van der Waals surface area (Å²) in [6.07, 6.45) is -4.52. The lowest BCUT2D eigenvalue weighted by Crippen LogP contribution is -2.47. The van der Waals surface area contributed by atoms with Gasteiger partial charge in [0.25, 0.3) is 5.91 Å². The zero-order chi connectivity index (χ0) is 17.8. The summed E-state index contributed by atoms with van der Waals surface area (Å²) in [6.45, 7) is 7.08. The van der Waals surface area contributed by atoms with Gasteiger partial charge in [0, 0.05) is 17.6 Å². The van der Waals surface area contributed by atoms with Crippen LogP contribution >= 0.6 is 0 Å². The lowest BCUT2D eigenvalue weighted by molar-refractivity contribution is -0.137. The number of nitrogens with one attached hydrogen (secondary N) is 1. The third-order valence-corrected chi connectivity index (χ3v) is 2.95. The highest BCUT2D eigenvalue weighted by Gasteiger charge is 2.31. The molecule has 7 heteroatoms. The van der Waals surface area contributed by atoms with Crippen LogP contribution in [0.4, 0.5) is 13.2 Å². The number of alkyl halides is 3. The van der Waals surface area contributed by atoms with Crippen LogP contribution in [0.15, 0.2) is 24.3 Å². The maximum Gasteiger partial charge on any atom is 0.416 e. The van der Waals surface area contributed by atoms with E-state index >= 15 is 0 Å². The first kappa shape index (κ1) is 19.0. The number of hydrogen-bond donors (Lipinski definition) is 1. The molecule has 128 valence electrons. The summed E-state index contributed by atoms with van der Waals surface area (Å²) in [5.41, 5.74) is -1.43. The molecule has 2 amide bonds. The van der Waals surface area contributed by atoms with Gasteiger partial charge in [-0.1, -0.05) is 6.07 Å². The minimum atomic E-state index is -4.52. The van der Waals surface area contributed by atoms with E-state index in [1.54, 1.807) is 27.7 Å². The standard InChI is InChI=1S/C16H21F3N2O2/c1-5-21(10-13(22)20-15(2,3)4)14(23)11-7-6-8-12(9-11)16(17,18)19/h6-9H,5,10H2,1-4H3,(H,20,22). The van der Waals surface area contributed by atoms with Gasteiger partial charge in [0.2, 0.25) is 5.91 Å². The smallest absolute Gasteiger partial charge is 0.350 e. The van der Waals surface area contributed by atoms with E-state index in [1.807, 2.05) is 0 Å². The number of rotatable bonds is 4. The minimum absolute atomic E-state index is 0.0924. The van der Waals surface area contributed by atoms with Crippen molar-refractivity contribution in [3.05, 3.63) is 35.4 Å². The van der Waals surface area contributed by atoms with Gasteiger partial charge >= 0.3 is 6.18 Å². The molecule has 0 saturated heterocycles. The molecule has 0 aliphatic rings. The van der Waals surface area contributed by atoms with E-state index in [4.69, 9.17) is 0 Å². The van der Waals surface area contributed by atoms with E-state index in [9.17, 15) is 22.8 Å². The SMILES string of the molecule is CCN(CC(=O)NC(C)(C)C)C(=O)c1cccc(C(F)(F)F)c1. The fraction of sp³-hybridized carbons (Fsp3) is 0.500. The molecule has 0 aliphatic heterocycles. The first-order valence-corrected chi connectivity index (χ1v) is 7.21. The minimum Gasteiger partial charge on any atom is -0.350 e. The lowest BCUT2D eigenvalue weighted by Gasteiger charge is -2.25. The average Bonchev–Trinajstić information content (AvgIpc) is 2.41. The molecule has 0 aliphatic carbocycles. The fourth-order valence-electron chi connectivity index (χ4n) is 1.97. The molecule has 0 fully saturated rings. The van der Waals surface area contributed by atoms with Crippen molar-refractivity contribution < 1.29 is 22.8 Å². The Morgan fingerprint density at radius 3 is 2.26 bits per heavy atom. The van der Waals surface area contributed by atoms with E-state index < -0.39 is 23.2 Å². The maximum atomic E-state index is 12.7. The summed E-state index contributed by atoms with van der Waals surface area (Å²) in [4.78, 5) is 25.4. The maximum absolute atomic E-state index is 12.7. The molecule has 1 rings (SSSR count). The van der Waals surface area contributed by atoms with Gasteiger partial charge in [0.1, 0.15) is 0 Å². The average molecular weight is 330 g/mol. The third-order valence-electron chi connectivity index (χ3n) is 2.95. The van der Waals surface area contributed by atoms with Crippen molar-refractivity contribution >= 4 is 11.8 Å². The Morgan fingerprint density at radius 1 is 1.17 bits per heavy atom. The third kappa shape index (κ3) is 5.92. The van der Waals surface area contributed by atoms with E-state index in [-0.39, 0.29) is 24.6 Å². The Kier molecular flexibility index (Phi) is 5.80. The second-order valence-electron chi connectivity index (χ2n) is 6.20. The number of hydrogen-bond acceptors (Lipinski definition) is 2. The largest absolute Gasteiger partial charge is 0.416 e. The monoisotopic (exact) mass is 330 g/mol. The molecule has 1 aromatic carbocycles. The van der Waals surface area contributed by atoms with E-state index in [0.717, 1.165) is 12.1 Å². The van der Waals surface area contributed by atoms with Crippen molar-refractivity contribution in [3.8, 4) is 0 Å². The van der Waals surface area contributed by atoms with Crippen molar-refractivity contribution in [1.82, 2.24) is 10.2 Å². The predicted molar refractivity (Wildman–Crippen MR) is 80.9 cm³/mol. The summed E-state index contributed by atoms with van der Waals surface area (Å²) in [6, 6.07) is 4.19. The van der Waals surface area contributed by atoms with E-state index in [0.29, 0.717) is 0 Å². The van der Waals surface area contributed by atoms with Crippen LogP contribution in [0.2, 0.25) is 0 Å². The van der Waals surface area contributed by atoms with Crippen LogP contribution in [0, 0.1) is 0 Å². The molecule has 1 aromatic rings. The predicted octanol–water partition coefficient (Wildman–Crippen LogP) is 3.08. The molecule has 23 heavy (non-hydrogen) atoms. The van der Waals surface area contributed by atoms with Gasteiger partial charge in [-0.3, -0.25) is 9.59 Å². The number of nitrogens with zero attached hydrogens (tertiary/aromatic N) is 1. The van der Waals surface area contributed by atoms with Crippen LogP contribution in [0.3, 0.4) is 0 Å². The highest BCUT2D eigenvalue weighted by Crippen LogP contribution is 2.29. The van der Waals surface area contributed by atoms with Crippen LogP contribution in [-0.4, -0.2) is 35.3 Å². The van der Waals surface area contributed by atoms with Gasteiger partial charge in [0.15, 0.2) is 0 Å². The summed E-state index contributed by atoms with van der Waals surface area (Å²) < 4.78 is 38.2. The van der Waals surface area contributed by atoms with Crippen LogP contribution in [-0.2, 0) is 11.0 Å². The topological polar surface area (TPSA) is 49.4 Å². The van der Waals surface area contributed by atoms with E-state index in [2.05, 4.69) is 5.32 Å². The lowest BCUT2D eigenvalue weighted by atomic mass is 10.1. The van der Waals surface area contributed by atoms with Gasteiger partial charge in [-0.25, -0.2) is 0 Å². The summed E-state index contributed by atoms with van der Waals surface area (Å²) in [7, 11) is 0. The summed E-state index contributed by atoms with van der Waals surface area (Å²) in [5.74, 6) is -0.970. The van der Waals surface area contributed by atoms with Crippen molar-refractivity contribution in [3.63, 3.8) is 0 Å². The van der Waals surface area contributed by atoms with Crippen LogP contribution in [0.25, 0.3) is 0 Å². The molecule has 0 saturated carbocycles. The van der Waals surface area contributed by atoms with Crippen LogP contribution in [0.5, 0.6) is 0 Å². The number of carbonyl (C=O) groups is 2. The Balaban J connectivity index is 2.91. The van der Waals surface area contributed by atoms with Crippen LogP contribution < -0.4 is 5.32 Å². The second kappa shape index (κ2) is 7.02. The molecular formula is C16H21F3N2O2. The molecule has 0 radical (unpaired) electrons. The molecule has 4 nitrogen and oxygen atoms in total. The summed E-state index contributed by atoms with van der Waals surface area (Å²) in [5, 5.41) is 2.71. The molecule has 0 heterocycles. The first-order chi connectivity index (χ1) is 10.4. The molecule has 0 bridgehead atoms. The quantitative estimate of drug-likeness (QED) is 0.922. The van der Waals surface area contributed by atoms with Gasteiger partial charge < -0.3 is 10.2 Å². The van der Waals surface area contributed by atoms with Crippen molar-refractivity contribution in [2.45, 2.75) is 39.4 Å². The van der Waals surface area contributed by atoms with Crippen molar-refractivity contribution in [1.29, 1.82) is 0 Å². The first-order valence-electron chi connectivity index (χ1n) is 7.21. The molecule has 0 aromatic heterocycles. The van der Waals surface area contributed by atoms with Crippen molar-refractivity contribution in [2.24, 2.45) is 0 Å². The number of likely N-dealkylation sites (N-methyl/N-ethyl adjacent to an activating group) is 1. The number of benzene rings is 1. The Morgan fingerprint density at radius 2 is 1.78 bits per heavy atom. The van der Waals surface area contributed by atoms with Crippen LogP contribution in [0.1, 0.15) is 43.6 Å². The highest BCUT2D eigenvalue weighted by atomic mass is 19.4. The van der Waals surface area contributed by atoms with Gasteiger partial charge in [0.05, 0.1) is 12.1 Å². The Bertz CT molecular complexity index is 577. The second-order valence-corrected chi connectivity index (χ2v) is 6.20. The fourth-order valence-corrected chi connectivity index (χ4v) is 1.97. The van der Waals surface area contributed by atoms with Crippen molar-refractivity contribution in [2.75, 3.05) is 13.1 Å². The molecular weight excluding hydrogens is 309 g/mol. The zero-order valence-corrected chi connectivity index (χ0v) is 13.6.